The number of carbonyl (C=O) groups is 2. The van der Waals surface area contributed by atoms with Gasteiger partial charge in [0, 0.05) is 18.0 Å². The number of carbonyl (C=O) groups excluding carboxylic acids is 2. The molecule has 2 atom stereocenters. The molecule has 1 N–H and O–H groups in total. The van der Waals surface area contributed by atoms with Crippen LogP contribution in [0.15, 0.2) is 18.2 Å². The van der Waals surface area contributed by atoms with Crippen LogP contribution >= 0.6 is 11.6 Å². The first-order chi connectivity index (χ1) is 12.3. The predicted molar refractivity (Wildman–Crippen MR) is 94.9 cm³/mol. The standard InChI is InChI=1S/C20H23ClFNO3/c1-12(24)23-20-8-13-5-14(9-20)7-19(6-13,11-20)18(25)26-10-15-16(21)3-2-4-17(15)22/h2-4,13-14H,5-11H2,1H3,(H,23,24). The van der Waals surface area contributed by atoms with E-state index in [1.165, 1.54) is 19.1 Å². The molecule has 1 aromatic rings. The number of ether oxygens (including phenoxy) is 1. The first-order valence-electron chi connectivity index (χ1n) is 9.20. The fourth-order valence-corrected chi connectivity index (χ4v) is 6.20. The molecule has 26 heavy (non-hydrogen) atoms. The molecular weight excluding hydrogens is 357 g/mol. The van der Waals surface area contributed by atoms with Crippen molar-refractivity contribution in [1.82, 2.24) is 5.32 Å². The molecule has 2 unspecified atom stereocenters. The van der Waals surface area contributed by atoms with E-state index >= 15 is 0 Å². The second-order valence-corrected chi connectivity index (χ2v) is 8.89. The van der Waals surface area contributed by atoms with E-state index in [2.05, 4.69) is 5.32 Å². The molecule has 4 nitrogen and oxygen atoms in total. The number of hydrogen-bond acceptors (Lipinski definition) is 3. The molecular formula is C20H23ClFNO3. The molecule has 140 valence electrons. The maximum atomic E-state index is 13.9. The third-order valence-corrected chi connectivity index (χ3v) is 6.70. The normalized spacial score (nSPS) is 34.6. The Balaban J connectivity index is 1.53. The van der Waals surface area contributed by atoms with Crippen LogP contribution in [0, 0.1) is 23.1 Å². The van der Waals surface area contributed by atoms with Gasteiger partial charge < -0.3 is 10.1 Å². The molecule has 4 aliphatic rings. The summed E-state index contributed by atoms with van der Waals surface area (Å²) in [5.74, 6) is 0.0835. The van der Waals surface area contributed by atoms with Gasteiger partial charge >= 0.3 is 5.97 Å². The minimum Gasteiger partial charge on any atom is -0.460 e. The highest BCUT2D eigenvalue weighted by atomic mass is 35.5. The topological polar surface area (TPSA) is 55.4 Å². The number of amides is 1. The first-order valence-corrected chi connectivity index (χ1v) is 9.58. The van der Waals surface area contributed by atoms with Crippen LogP contribution in [0.3, 0.4) is 0 Å². The zero-order chi connectivity index (χ0) is 18.5. The average Bonchev–Trinajstić information content (AvgIpc) is 2.51. The van der Waals surface area contributed by atoms with Crippen LogP contribution in [0.4, 0.5) is 4.39 Å². The van der Waals surface area contributed by atoms with E-state index in [1.807, 2.05) is 0 Å². The Morgan fingerprint density at radius 3 is 2.58 bits per heavy atom. The summed E-state index contributed by atoms with van der Waals surface area (Å²) in [6, 6.07) is 4.43. The Kier molecular flexibility index (Phi) is 4.25. The van der Waals surface area contributed by atoms with Crippen LogP contribution in [0.25, 0.3) is 0 Å². The van der Waals surface area contributed by atoms with Crippen molar-refractivity contribution in [2.75, 3.05) is 0 Å². The van der Waals surface area contributed by atoms with E-state index in [0.29, 0.717) is 18.3 Å². The molecule has 1 aromatic carbocycles. The molecule has 6 heteroatoms. The largest absolute Gasteiger partial charge is 0.460 e. The lowest BCUT2D eigenvalue weighted by molar-refractivity contribution is -0.177. The van der Waals surface area contributed by atoms with E-state index in [0.717, 1.165) is 32.1 Å². The molecule has 0 spiro atoms. The lowest BCUT2D eigenvalue weighted by Crippen LogP contribution is -2.64. The minimum absolute atomic E-state index is 0.0476. The fourth-order valence-electron chi connectivity index (χ4n) is 5.98. The maximum Gasteiger partial charge on any atom is 0.312 e. The summed E-state index contributed by atoms with van der Waals surface area (Å²) in [5.41, 5.74) is -0.640. The zero-order valence-corrected chi connectivity index (χ0v) is 15.6. The third-order valence-electron chi connectivity index (χ3n) is 6.34. The summed E-state index contributed by atoms with van der Waals surface area (Å²) in [7, 11) is 0. The van der Waals surface area contributed by atoms with Crippen molar-refractivity contribution in [3.05, 3.63) is 34.6 Å². The smallest absolute Gasteiger partial charge is 0.312 e. The van der Waals surface area contributed by atoms with E-state index in [4.69, 9.17) is 16.3 Å². The van der Waals surface area contributed by atoms with Gasteiger partial charge in [0.05, 0.1) is 10.4 Å². The molecule has 5 rings (SSSR count). The lowest BCUT2D eigenvalue weighted by Gasteiger charge is -2.60. The summed E-state index contributed by atoms with van der Waals surface area (Å²) in [5, 5.41) is 3.39. The molecule has 0 aliphatic heterocycles. The van der Waals surface area contributed by atoms with Crippen LogP contribution in [-0.4, -0.2) is 17.4 Å². The number of benzene rings is 1. The fraction of sp³-hybridized carbons (Fsp3) is 0.600. The molecule has 4 bridgehead atoms. The van der Waals surface area contributed by atoms with Crippen LogP contribution in [0.5, 0.6) is 0 Å². The summed E-state index contributed by atoms with van der Waals surface area (Å²) in [6.45, 7) is 1.37. The second-order valence-electron chi connectivity index (χ2n) is 8.48. The van der Waals surface area contributed by atoms with Gasteiger partial charge in [-0.05, 0) is 62.5 Å². The summed E-state index contributed by atoms with van der Waals surface area (Å²) in [4.78, 5) is 24.7. The SMILES string of the molecule is CC(=O)NC12CC3CC(C1)CC(C(=O)OCc1c(F)cccc1Cl)(C3)C2. The molecule has 0 aromatic heterocycles. The summed E-state index contributed by atoms with van der Waals surface area (Å²) >= 11 is 6.03. The highest BCUT2D eigenvalue weighted by Gasteiger charge is 2.61. The van der Waals surface area contributed by atoms with Crippen LogP contribution in [0.2, 0.25) is 5.02 Å². The number of rotatable bonds is 4. The molecule has 4 fully saturated rings. The number of halogens is 2. The van der Waals surface area contributed by atoms with E-state index in [-0.39, 0.29) is 34.6 Å². The van der Waals surface area contributed by atoms with Gasteiger partial charge in [-0.25, -0.2) is 4.39 Å². The predicted octanol–water partition coefficient (Wildman–Crippen LogP) is 4.00. The lowest BCUT2D eigenvalue weighted by atomic mass is 9.47. The van der Waals surface area contributed by atoms with Gasteiger partial charge in [0.15, 0.2) is 0 Å². The highest BCUT2D eigenvalue weighted by molar-refractivity contribution is 6.31. The highest BCUT2D eigenvalue weighted by Crippen LogP contribution is 2.62. The van der Waals surface area contributed by atoms with Gasteiger partial charge in [-0.3, -0.25) is 9.59 Å². The molecule has 0 saturated heterocycles. The van der Waals surface area contributed by atoms with Crippen molar-refractivity contribution in [2.45, 2.75) is 57.6 Å². The van der Waals surface area contributed by atoms with Crippen molar-refractivity contribution < 1.29 is 18.7 Å². The van der Waals surface area contributed by atoms with Gasteiger partial charge in [-0.15, -0.1) is 0 Å². The van der Waals surface area contributed by atoms with E-state index in [1.54, 1.807) is 6.07 Å². The van der Waals surface area contributed by atoms with Crippen molar-refractivity contribution in [3.8, 4) is 0 Å². The molecule has 4 aliphatic carbocycles. The maximum absolute atomic E-state index is 13.9. The Bertz CT molecular complexity index is 731. The zero-order valence-electron chi connectivity index (χ0n) is 14.8. The number of nitrogens with one attached hydrogen (secondary N) is 1. The van der Waals surface area contributed by atoms with E-state index in [9.17, 15) is 14.0 Å². The Labute approximate surface area is 157 Å². The minimum atomic E-state index is -0.565. The molecule has 0 heterocycles. The van der Waals surface area contributed by atoms with Crippen LogP contribution in [0.1, 0.15) is 51.0 Å². The van der Waals surface area contributed by atoms with Crippen LogP contribution in [-0.2, 0) is 20.9 Å². The Morgan fingerprint density at radius 1 is 1.27 bits per heavy atom. The van der Waals surface area contributed by atoms with E-state index < -0.39 is 11.2 Å². The van der Waals surface area contributed by atoms with Crippen molar-refractivity contribution in [3.63, 3.8) is 0 Å². The second kappa shape index (κ2) is 6.22. The van der Waals surface area contributed by atoms with Crippen molar-refractivity contribution in [1.29, 1.82) is 0 Å². The van der Waals surface area contributed by atoms with Gasteiger partial charge in [-0.2, -0.15) is 0 Å². The van der Waals surface area contributed by atoms with Crippen LogP contribution < -0.4 is 5.32 Å². The molecule has 1 amide bonds. The number of hydrogen-bond donors (Lipinski definition) is 1. The van der Waals surface area contributed by atoms with Crippen molar-refractivity contribution in [2.24, 2.45) is 17.3 Å². The number of esters is 1. The Hall–Kier alpha value is -1.62. The van der Waals surface area contributed by atoms with Gasteiger partial charge in [0.2, 0.25) is 5.91 Å². The first kappa shape index (κ1) is 17.8. The third kappa shape index (κ3) is 3.00. The van der Waals surface area contributed by atoms with Gasteiger partial charge in [0.1, 0.15) is 12.4 Å². The van der Waals surface area contributed by atoms with Crippen molar-refractivity contribution >= 4 is 23.5 Å². The van der Waals surface area contributed by atoms with Gasteiger partial charge in [0.25, 0.3) is 0 Å². The Morgan fingerprint density at radius 2 is 1.96 bits per heavy atom. The average molecular weight is 380 g/mol. The molecule has 0 radical (unpaired) electrons. The quantitative estimate of drug-likeness (QED) is 0.804. The summed E-state index contributed by atoms with van der Waals surface area (Å²) in [6.07, 6.45) is 5.23. The molecule has 4 saturated carbocycles. The summed E-state index contributed by atoms with van der Waals surface area (Å²) < 4.78 is 19.5. The van der Waals surface area contributed by atoms with Gasteiger partial charge in [-0.1, -0.05) is 17.7 Å². The monoisotopic (exact) mass is 379 g/mol.